The molecule has 33 heavy (non-hydrogen) atoms. The topological polar surface area (TPSA) is 123 Å². The van der Waals surface area contributed by atoms with Gasteiger partial charge in [-0.2, -0.15) is 18.4 Å². The Kier molecular flexibility index (Phi) is 5.28. The van der Waals surface area contributed by atoms with Gasteiger partial charge in [0, 0.05) is 30.7 Å². The first-order valence-corrected chi connectivity index (χ1v) is 13.6. The summed E-state index contributed by atoms with van der Waals surface area (Å²) in [6.45, 7) is 5.30. The number of carbonyl (C=O) groups excluding carboxylic acids is 2. The fourth-order valence-corrected chi connectivity index (χ4v) is 10.3. The standard InChI is InChI=1S/C24H34N2O6S/c1-14(27)18-4-5-19-17-10-21-24(12-25)11-16(32-15(2)28)6-9-23(24,13-31-33(29,30)26-21)20(17)7-8-22(18,19)3/h16-21,26H,4-11,13H2,1-3H3/t16?,17?,18?,19?,20?,21-,22?,23?,24?/m0/s1. The second-order valence-corrected chi connectivity index (χ2v) is 12.9. The summed E-state index contributed by atoms with van der Waals surface area (Å²) in [4.78, 5) is 24.1. The van der Waals surface area contributed by atoms with Crippen LogP contribution in [0.15, 0.2) is 0 Å². The maximum absolute atomic E-state index is 12.7. The van der Waals surface area contributed by atoms with E-state index in [4.69, 9.17) is 8.92 Å². The van der Waals surface area contributed by atoms with Crippen LogP contribution in [-0.4, -0.2) is 38.9 Å². The van der Waals surface area contributed by atoms with Gasteiger partial charge in [-0.1, -0.05) is 6.92 Å². The zero-order valence-electron chi connectivity index (χ0n) is 19.6. The lowest BCUT2D eigenvalue weighted by Gasteiger charge is -2.65. The van der Waals surface area contributed by atoms with Gasteiger partial charge >= 0.3 is 16.3 Å². The Morgan fingerprint density at radius 2 is 1.88 bits per heavy atom. The molecule has 0 aromatic carbocycles. The molecule has 0 aromatic heterocycles. The lowest BCUT2D eigenvalue weighted by atomic mass is 9.38. The summed E-state index contributed by atoms with van der Waals surface area (Å²) in [5.74, 6) is 0.627. The van der Waals surface area contributed by atoms with E-state index in [9.17, 15) is 23.3 Å². The Morgan fingerprint density at radius 1 is 1.12 bits per heavy atom. The van der Waals surface area contributed by atoms with Crippen LogP contribution in [0.2, 0.25) is 0 Å². The first-order valence-electron chi connectivity index (χ1n) is 12.2. The van der Waals surface area contributed by atoms with E-state index >= 15 is 0 Å². The Balaban J connectivity index is 1.60. The largest absolute Gasteiger partial charge is 0.463 e. The third-order valence-corrected chi connectivity index (χ3v) is 11.4. The van der Waals surface area contributed by atoms with E-state index in [-0.39, 0.29) is 41.5 Å². The van der Waals surface area contributed by atoms with Gasteiger partial charge in [-0.15, -0.1) is 0 Å². The molecule has 0 aromatic rings. The summed E-state index contributed by atoms with van der Waals surface area (Å²) in [6.07, 6.45) is 5.28. The van der Waals surface area contributed by atoms with Crippen molar-refractivity contribution in [3.8, 4) is 6.07 Å². The molecule has 4 aliphatic carbocycles. The van der Waals surface area contributed by atoms with E-state index in [0.717, 1.165) is 25.7 Å². The van der Waals surface area contributed by atoms with Crippen LogP contribution in [0, 0.1) is 51.2 Å². The van der Waals surface area contributed by atoms with Crippen LogP contribution in [0.1, 0.15) is 72.1 Å². The highest BCUT2D eigenvalue weighted by molar-refractivity contribution is 7.84. The van der Waals surface area contributed by atoms with Gasteiger partial charge in [-0.25, -0.2) is 0 Å². The number of nitrogens with one attached hydrogen (secondary N) is 1. The van der Waals surface area contributed by atoms with E-state index in [2.05, 4.69) is 17.7 Å². The molecule has 1 aliphatic heterocycles. The Labute approximate surface area is 196 Å². The van der Waals surface area contributed by atoms with Crippen molar-refractivity contribution in [3.63, 3.8) is 0 Å². The van der Waals surface area contributed by atoms with Gasteiger partial charge < -0.3 is 4.74 Å². The van der Waals surface area contributed by atoms with Gasteiger partial charge in [-0.3, -0.25) is 13.8 Å². The van der Waals surface area contributed by atoms with Gasteiger partial charge in [-0.05, 0) is 75.0 Å². The van der Waals surface area contributed by atoms with Crippen molar-refractivity contribution in [3.05, 3.63) is 0 Å². The molecule has 0 radical (unpaired) electrons. The first kappa shape index (κ1) is 23.3. The van der Waals surface area contributed by atoms with Gasteiger partial charge in [0.1, 0.15) is 11.9 Å². The maximum atomic E-state index is 12.7. The number of esters is 1. The number of rotatable bonds is 2. The molecular weight excluding hydrogens is 444 g/mol. The Hall–Kier alpha value is -1.50. The van der Waals surface area contributed by atoms with Crippen molar-refractivity contribution in [1.29, 1.82) is 5.26 Å². The van der Waals surface area contributed by atoms with Crippen molar-refractivity contribution in [2.75, 3.05) is 6.61 Å². The summed E-state index contributed by atoms with van der Waals surface area (Å²) < 4.78 is 39.2. The van der Waals surface area contributed by atoms with Crippen molar-refractivity contribution >= 4 is 22.1 Å². The summed E-state index contributed by atoms with van der Waals surface area (Å²) in [5, 5.41) is 10.6. The number of nitriles is 1. The Bertz CT molecular complexity index is 1020. The highest BCUT2D eigenvalue weighted by atomic mass is 32.2. The van der Waals surface area contributed by atoms with Crippen LogP contribution >= 0.6 is 0 Å². The minimum atomic E-state index is -3.99. The SMILES string of the molecule is CC(=O)OC1CCC23COS(=O)(=O)N[C@@H](CC4C5CCC(C(C)=O)C5(C)CCC42)C3(C#N)C1. The van der Waals surface area contributed by atoms with Gasteiger partial charge in [0.2, 0.25) is 0 Å². The summed E-state index contributed by atoms with van der Waals surface area (Å²) in [7, 11) is -3.99. The molecule has 9 heteroatoms. The van der Waals surface area contributed by atoms with Gasteiger partial charge in [0.25, 0.3) is 0 Å². The normalized spacial score (nSPS) is 50.0. The van der Waals surface area contributed by atoms with E-state index in [1.807, 2.05) is 0 Å². The number of ether oxygens (including phenoxy) is 1. The predicted octanol–water partition coefficient (Wildman–Crippen LogP) is 2.88. The van der Waals surface area contributed by atoms with Crippen molar-refractivity contribution in [2.45, 2.75) is 84.3 Å². The molecule has 1 N–H and O–H groups in total. The monoisotopic (exact) mass is 478 g/mol. The van der Waals surface area contributed by atoms with Crippen LogP contribution in [-0.2, 0) is 28.8 Å². The van der Waals surface area contributed by atoms with E-state index in [1.54, 1.807) is 6.92 Å². The second kappa shape index (κ2) is 7.50. The molecule has 5 aliphatic rings. The molecule has 0 amide bonds. The molecule has 5 fully saturated rings. The molecule has 0 spiro atoms. The lowest BCUT2D eigenvalue weighted by molar-refractivity contribution is -0.190. The van der Waals surface area contributed by atoms with Crippen LogP contribution < -0.4 is 4.72 Å². The van der Waals surface area contributed by atoms with Crippen molar-refractivity contribution in [1.82, 2.24) is 4.72 Å². The molecule has 8 nitrogen and oxygen atoms in total. The fraction of sp³-hybridized carbons (Fsp3) is 0.875. The number of carbonyl (C=O) groups is 2. The molecule has 182 valence electrons. The second-order valence-electron chi connectivity index (χ2n) is 11.5. The average molecular weight is 479 g/mol. The smallest absolute Gasteiger partial charge is 0.336 e. The zero-order chi connectivity index (χ0) is 23.8. The summed E-state index contributed by atoms with van der Waals surface area (Å²) >= 11 is 0. The Morgan fingerprint density at radius 3 is 2.55 bits per heavy atom. The molecule has 8 unspecified atom stereocenters. The molecule has 9 atom stereocenters. The van der Waals surface area contributed by atoms with Gasteiger partial charge in [0.15, 0.2) is 0 Å². The number of Topliss-reactive ketones (excluding diaryl/α,β-unsaturated/α-hetero) is 1. The summed E-state index contributed by atoms with van der Waals surface area (Å²) in [6, 6.07) is 1.97. The minimum Gasteiger partial charge on any atom is -0.463 e. The van der Waals surface area contributed by atoms with Crippen LogP contribution in [0.5, 0.6) is 0 Å². The number of ketones is 1. The number of nitrogens with zero attached hydrogens (tertiary/aromatic N) is 1. The summed E-state index contributed by atoms with van der Waals surface area (Å²) in [5.41, 5.74) is -1.70. The van der Waals surface area contributed by atoms with Crippen LogP contribution in [0.3, 0.4) is 0 Å². The van der Waals surface area contributed by atoms with Gasteiger partial charge in [0.05, 0.1) is 18.1 Å². The van der Waals surface area contributed by atoms with Crippen molar-refractivity contribution in [2.24, 2.45) is 39.9 Å². The maximum Gasteiger partial charge on any atom is 0.336 e. The molecule has 1 saturated heterocycles. The van der Waals surface area contributed by atoms with E-state index < -0.39 is 33.3 Å². The predicted molar refractivity (Wildman–Crippen MR) is 118 cm³/mol. The minimum absolute atomic E-state index is 0.0140. The van der Waals surface area contributed by atoms with Crippen molar-refractivity contribution < 1.29 is 26.9 Å². The third-order valence-electron chi connectivity index (χ3n) is 10.4. The average Bonchev–Trinajstić information content (AvgIpc) is 3.07. The number of hydrogen-bond donors (Lipinski definition) is 1. The molecule has 1 heterocycles. The molecular formula is C24H34N2O6S. The van der Waals surface area contributed by atoms with Crippen LogP contribution in [0.4, 0.5) is 0 Å². The lowest BCUT2D eigenvalue weighted by Crippen LogP contribution is -2.68. The molecule has 2 bridgehead atoms. The fourth-order valence-electron chi connectivity index (χ4n) is 9.17. The van der Waals surface area contributed by atoms with E-state index in [0.29, 0.717) is 31.6 Å². The third kappa shape index (κ3) is 3.16. The number of fused-ring (bicyclic) bond motifs is 3. The molecule has 5 rings (SSSR count). The van der Waals surface area contributed by atoms with Crippen LogP contribution in [0.25, 0.3) is 0 Å². The quantitative estimate of drug-likeness (QED) is 0.605. The highest BCUT2D eigenvalue weighted by Gasteiger charge is 2.72. The highest BCUT2D eigenvalue weighted by Crippen LogP contribution is 2.71. The number of hydrogen-bond acceptors (Lipinski definition) is 7. The molecule has 4 saturated carbocycles. The van der Waals surface area contributed by atoms with E-state index in [1.165, 1.54) is 6.92 Å². The zero-order valence-corrected chi connectivity index (χ0v) is 20.4. The first-order chi connectivity index (χ1) is 15.5.